The van der Waals surface area contributed by atoms with Crippen LogP contribution < -0.4 is 5.32 Å². The number of hydrogen-bond acceptors (Lipinski definition) is 4. The number of fused-ring (bicyclic) bond motifs is 1. The van der Waals surface area contributed by atoms with Gasteiger partial charge in [0.15, 0.2) is 0 Å². The molecule has 0 fully saturated rings. The van der Waals surface area contributed by atoms with Gasteiger partial charge in [0.1, 0.15) is 5.65 Å². The molecule has 96 valence electrons. The predicted molar refractivity (Wildman–Crippen MR) is 75.9 cm³/mol. The van der Waals surface area contributed by atoms with Crippen LogP contribution in [0.15, 0.2) is 36.9 Å². The minimum absolute atomic E-state index is 0.323. The summed E-state index contributed by atoms with van der Waals surface area (Å²) in [6.45, 7) is 4.11. The fourth-order valence-electron chi connectivity index (χ4n) is 1.91. The minimum atomic E-state index is 0.323. The Morgan fingerprint density at radius 1 is 1.05 bits per heavy atom. The first-order valence-electron chi connectivity index (χ1n) is 6.24. The molecule has 0 bridgehead atoms. The highest BCUT2D eigenvalue weighted by molar-refractivity contribution is 5.80. The van der Waals surface area contributed by atoms with Gasteiger partial charge in [-0.1, -0.05) is 0 Å². The molecule has 0 amide bonds. The van der Waals surface area contributed by atoms with E-state index in [2.05, 4.69) is 45.2 Å². The van der Waals surface area contributed by atoms with Gasteiger partial charge in [-0.25, -0.2) is 15.0 Å². The number of nitrogens with one attached hydrogen (secondary N) is 2. The first kappa shape index (κ1) is 11.6. The van der Waals surface area contributed by atoms with Crippen molar-refractivity contribution in [2.75, 3.05) is 5.32 Å². The molecule has 0 aliphatic rings. The van der Waals surface area contributed by atoms with Gasteiger partial charge in [0.05, 0.1) is 0 Å². The Morgan fingerprint density at radius 2 is 1.79 bits per heavy atom. The summed E-state index contributed by atoms with van der Waals surface area (Å²) >= 11 is 0. The SMILES string of the molecule is CC(C)Nc1ncc(-c2cnc3[nH]ccc3c2)cn1. The van der Waals surface area contributed by atoms with Crippen molar-refractivity contribution in [1.82, 2.24) is 19.9 Å². The van der Waals surface area contributed by atoms with Gasteiger partial charge in [-0.3, -0.25) is 0 Å². The maximum absolute atomic E-state index is 4.36. The second-order valence-corrected chi connectivity index (χ2v) is 4.73. The van der Waals surface area contributed by atoms with Crippen molar-refractivity contribution in [2.24, 2.45) is 0 Å². The van der Waals surface area contributed by atoms with Crippen LogP contribution in [-0.2, 0) is 0 Å². The number of H-pyrrole nitrogens is 1. The van der Waals surface area contributed by atoms with Crippen molar-refractivity contribution in [3.63, 3.8) is 0 Å². The Hall–Kier alpha value is -2.43. The van der Waals surface area contributed by atoms with Crippen molar-refractivity contribution in [3.05, 3.63) is 36.9 Å². The Balaban J connectivity index is 1.92. The van der Waals surface area contributed by atoms with Gasteiger partial charge >= 0.3 is 0 Å². The van der Waals surface area contributed by atoms with Crippen LogP contribution >= 0.6 is 0 Å². The number of aromatic nitrogens is 4. The Morgan fingerprint density at radius 3 is 2.53 bits per heavy atom. The molecular weight excluding hydrogens is 238 g/mol. The summed E-state index contributed by atoms with van der Waals surface area (Å²) in [6.07, 6.45) is 7.33. The second kappa shape index (κ2) is 4.68. The maximum Gasteiger partial charge on any atom is 0.222 e. The number of pyridine rings is 1. The van der Waals surface area contributed by atoms with Gasteiger partial charge in [0, 0.05) is 47.3 Å². The summed E-state index contributed by atoms with van der Waals surface area (Å²) in [5.74, 6) is 0.648. The molecule has 0 radical (unpaired) electrons. The summed E-state index contributed by atoms with van der Waals surface area (Å²) in [5.41, 5.74) is 2.87. The monoisotopic (exact) mass is 253 g/mol. The number of hydrogen-bond donors (Lipinski definition) is 2. The van der Waals surface area contributed by atoms with Crippen LogP contribution in [-0.4, -0.2) is 26.0 Å². The lowest BCUT2D eigenvalue weighted by atomic mass is 10.1. The average molecular weight is 253 g/mol. The largest absolute Gasteiger partial charge is 0.352 e. The standard InChI is InChI=1S/C14H15N5/c1-9(2)19-14-17-7-12(8-18-14)11-5-10-3-4-15-13(10)16-6-11/h3-9H,1-2H3,(H,15,16)(H,17,18,19). The lowest BCUT2D eigenvalue weighted by molar-refractivity contribution is 0.874. The fraction of sp³-hybridized carbons (Fsp3) is 0.214. The van der Waals surface area contributed by atoms with Gasteiger partial charge in [-0.05, 0) is 26.0 Å². The Kier molecular flexibility index (Phi) is 2.87. The molecule has 3 heterocycles. The van der Waals surface area contributed by atoms with Crippen molar-refractivity contribution in [2.45, 2.75) is 19.9 Å². The van der Waals surface area contributed by atoms with E-state index in [4.69, 9.17) is 0 Å². The predicted octanol–water partition coefficient (Wildman–Crippen LogP) is 2.84. The molecule has 0 aromatic carbocycles. The van der Waals surface area contributed by atoms with Gasteiger partial charge in [0.2, 0.25) is 5.95 Å². The molecule has 5 heteroatoms. The van der Waals surface area contributed by atoms with Crippen LogP contribution in [0.1, 0.15) is 13.8 Å². The minimum Gasteiger partial charge on any atom is -0.352 e. The zero-order chi connectivity index (χ0) is 13.2. The van der Waals surface area contributed by atoms with E-state index in [0.29, 0.717) is 12.0 Å². The topological polar surface area (TPSA) is 66.5 Å². The van der Waals surface area contributed by atoms with Gasteiger partial charge < -0.3 is 10.3 Å². The molecule has 0 unspecified atom stereocenters. The molecule has 5 nitrogen and oxygen atoms in total. The molecule has 0 saturated carbocycles. The van der Waals surface area contributed by atoms with E-state index < -0.39 is 0 Å². The number of nitrogens with zero attached hydrogens (tertiary/aromatic N) is 3. The molecule has 0 spiro atoms. The summed E-state index contributed by atoms with van der Waals surface area (Å²) in [6, 6.07) is 4.40. The van der Waals surface area contributed by atoms with Crippen molar-refractivity contribution >= 4 is 17.0 Å². The molecule has 3 rings (SSSR count). The van der Waals surface area contributed by atoms with Crippen LogP contribution in [0, 0.1) is 0 Å². The summed E-state index contributed by atoms with van der Waals surface area (Å²) < 4.78 is 0. The summed E-state index contributed by atoms with van der Waals surface area (Å²) in [7, 11) is 0. The highest BCUT2D eigenvalue weighted by Gasteiger charge is 2.04. The van der Waals surface area contributed by atoms with E-state index in [1.54, 1.807) is 0 Å². The van der Waals surface area contributed by atoms with Crippen molar-refractivity contribution < 1.29 is 0 Å². The van der Waals surface area contributed by atoms with Gasteiger partial charge in [-0.2, -0.15) is 0 Å². The van der Waals surface area contributed by atoms with Crippen LogP contribution in [0.5, 0.6) is 0 Å². The highest BCUT2D eigenvalue weighted by Crippen LogP contribution is 2.21. The molecular formula is C14H15N5. The average Bonchev–Trinajstić information content (AvgIpc) is 2.86. The first-order chi connectivity index (χ1) is 9.22. The lowest BCUT2D eigenvalue weighted by Gasteiger charge is -2.08. The van der Waals surface area contributed by atoms with Gasteiger partial charge in [-0.15, -0.1) is 0 Å². The normalized spacial score (nSPS) is 11.1. The number of aromatic amines is 1. The molecule has 0 aliphatic carbocycles. The first-order valence-corrected chi connectivity index (χ1v) is 6.24. The molecule has 2 N–H and O–H groups in total. The highest BCUT2D eigenvalue weighted by atomic mass is 15.1. The third kappa shape index (κ3) is 2.40. The summed E-state index contributed by atoms with van der Waals surface area (Å²) in [5, 5.41) is 4.25. The molecule has 0 aliphatic heterocycles. The Bertz CT molecular complexity index is 684. The van der Waals surface area contributed by atoms with E-state index in [1.165, 1.54) is 0 Å². The zero-order valence-corrected chi connectivity index (χ0v) is 10.9. The number of anilines is 1. The molecule has 0 atom stereocenters. The second-order valence-electron chi connectivity index (χ2n) is 4.73. The molecule has 3 aromatic rings. The third-order valence-electron chi connectivity index (χ3n) is 2.80. The van der Waals surface area contributed by atoms with E-state index in [9.17, 15) is 0 Å². The molecule has 3 aromatic heterocycles. The maximum atomic E-state index is 4.36. The van der Waals surface area contributed by atoms with Crippen molar-refractivity contribution in [1.29, 1.82) is 0 Å². The van der Waals surface area contributed by atoms with E-state index in [0.717, 1.165) is 22.2 Å². The fourth-order valence-corrected chi connectivity index (χ4v) is 1.91. The quantitative estimate of drug-likeness (QED) is 0.753. The van der Waals surface area contributed by atoms with Gasteiger partial charge in [0.25, 0.3) is 0 Å². The summed E-state index contributed by atoms with van der Waals surface area (Å²) in [4.78, 5) is 16.0. The smallest absolute Gasteiger partial charge is 0.222 e. The lowest BCUT2D eigenvalue weighted by Crippen LogP contribution is -2.12. The third-order valence-corrected chi connectivity index (χ3v) is 2.80. The van der Waals surface area contributed by atoms with Crippen LogP contribution in [0.4, 0.5) is 5.95 Å². The van der Waals surface area contributed by atoms with Crippen LogP contribution in [0.3, 0.4) is 0 Å². The number of rotatable bonds is 3. The molecule has 0 saturated heterocycles. The van der Waals surface area contributed by atoms with Crippen LogP contribution in [0.25, 0.3) is 22.2 Å². The van der Waals surface area contributed by atoms with Crippen molar-refractivity contribution in [3.8, 4) is 11.1 Å². The molecule has 19 heavy (non-hydrogen) atoms. The van der Waals surface area contributed by atoms with E-state index in [1.807, 2.05) is 30.9 Å². The Labute approximate surface area is 111 Å². The van der Waals surface area contributed by atoms with Crippen LogP contribution in [0.2, 0.25) is 0 Å². The van der Waals surface area contributed by atoms with E-state index in [-0.39, 0.29) is 0 Å². The van der Waals surface area contributed by atoms with E-state index >= 15 is 0 Å². The zero-order valence-electron chi connectivity index (χ0n) is 10.9.